The van der Waals surface area contributed by atoms with E-state index in [4.69, 9.17) is 117 Å². The number of carbonyl (C=O) groups excluding carboxylic acids is 15. The van der Waals surface area contributed by atoms with Crippen molar-refractivity contribution in [3.05, 3.63) is 115 Å². The van der Waals surface area contributed by atoms with Crippen LogP contribution in [-0.4, -0.2) is 294 Å². The van der Waals surface area contributed by atoms with E-state index in [0.29, 0.717) is 105 Å². The first-order valence-electron chi connectivity index (χ1n) is 45.8. The molecule has 814 valence electrons. The molecule has 0 fully saturated rings. The molecule has 0 aliphatic rings. The van der Waals surface area contributed by atoms with Gasteiger partial charge in [0.05, 0.1) is 88.1 Å². The molecule has 4 aromatic rings. The van der Waals surface area contributed by atoms with Crippen LogP contribution in [0.15, 0.2) is 72.8 Å². The minimum absolute atomic E-state index is 0. The molecule has 0 unspecified atom stereocenters. The maximum atomic E-state index is 12.3. The number of ketones is 1. The first-order chi connectivity index (χ1) is 67.3. The number of hydrogen-bond donors (Lipinski definition) is 12. The number of rotatable bonds is 51. The number of nitrogens with one attached hydrogen (secondary N) is 6. The number of aliphatic carboxylic acids is 2. The quantitative estimate of drug-likeness (QED) is 0.00286. The van der Waals surface area contributed by atoms with Crippen molar-refractivity contribution in [3.63, 3.8) is 0 Å². The Bertz CT molecular complexity index is 4430. The third kappa shape index (κ3) is 89.6. The summed E-state index contributed by atoms with van der Waals surface area (Å²) in [5.74, 6) is -2.46. The molecule has 6 radical (unpaired) electrons. The number of alkyl halides is 5. The molecule has 15 N–H and O–H groups in total. The van der Waals surface area contributed by atoms with Crippen LogP contribution in [0, 0.1) is 31.3 Å². The Kier molecular flexibility index (Phi) is 87.9. The highest BCUT2D eigenvalue weighted by Crippen LogP contribution is 2.26. The van der Waals surface area contributed by atoms with Crippen molar-refractivity contribution < 1.29 is 125 Å². The number of nitrogens with two attached hydrogens (primary N) is 3. The molecule has 0 heterocycles. The van der Waals surface area contributed by atoms with Crippen LogP contribution < -0.4 is 58.4 Å². The lowest BCUT2D eigenvalue weighted by atomic mass is 9.91. The van der Waals surface area contributed by atoms with Gasteiger partial charge in [0.2, 0.25) is 0 Å². The van der Waals surface area contributed by atoms with Gasteiger partial charge in [-0.1, -0.05) is 54.3 Å². The molecule has 4 aromatic carbocycles. The first-order valence-corrected chi connectivity index (χ1v) is 50.6. The standard InChI is InChI=1S/C20H30BCl2N2O3.C16H24BN2O3.C15H22Cl2N2O2.C10H17BNO4.C9H16BINO3.C9H15BNO5.C8H15BNO3.C7H8IN.CO2.CH4O.CH4/c1-15-5-6-18(25(9-7-22)10-8-23)12-16(15)11-17(24-21-14-26)13-19(27)28-20(2,3)4;1-11-5-6-13(18)7-12(11)8-14(19-17-10-20)9-15(21)22-16(2,3)4;1-11-2-3-14(19(6-4-16)7-5-17)9-12(11)8-13(18)10-15(20)21;1-7(14)8(12-11-6-13)5-9(15)16-10(2,3)4;1-9(2,3)15-8(14)4-7(5-11)12-10-6-13;1-9(2,3)16-7(13)4-6(8(14)15)11-10-5-12;1-8(2,3)13-7(12)4-5-10-9-6-11;1-5-2-3-6(9)4-7(5)8;2-1-3;1-2;/h5-6,12,14,17,24H,7-11,13H2,1-4H3;5-7,10,14,19H,8-9,18H2,1-4H3;2-3,9,13H,4-8,10,18H2,1H3,(H,20,21);6,8,12H,5H2,1-4H3;6-7,12H,4-5H2,1-3H3;5-6,11H,4H2,1-3H3,(H,14,15);6,10H,4-5H2,1-3H3;2-4H,9H2,1H3;;2H,1H3;1H4/t17-;14-;13-;8-;7-;6-;;;;;/m111000...../s1. The zero-order valence-electron chi connectivity index (χ0n) is 88.1. The fourth-order valence-corrected chi connectivity index (χ4v) is 13.3. The van der Waals surface area contributed by atoms with Crippen LogP contribution in [-0.2, 0) is 129 Å². The van der Waals surface area contributed by atoms with Gasteiger partial charge in [0.25, 0.3) is 44.5 Å². The van der Waals surface area contributed by atoms with Gasteiger partial charge < -0.3 is 131 Å². The number of nitrogens with zero attached hydrogens (tertiary/aromatic N) is 2. The molecule has 49 heteroatoms. The number of benzene rings is 4. The molecule has 0 aliphatic carbocycles. The Morgan fingerprint density at radius 3 is 1.00 bits per heavy atom. The van der Waals surface area contributed by atoms with Crippen molar-refractivity contribution in [2.24, 2.45) is 5.73 Å². The maximum absolute atomic E-state index is 12.3. The predicted octanol–water partition coefficient (Wildman–Crippen LogP) is 10.1. The van der Waals surface area contributed by atoms with Gasteiger partial charge in [0.15, 0.2) is 0 Å². The monoisotopic (exact) mass is 2350 g/mol. The second-order valence-electron chi connectivity index (χ2n) is 37.4. The molecular weight excluding hydrogens is 2200 g/mol. The summed E-state index contributed by atoms with van der Waals surface area (Å²) in [6, 6.07) is 21.1. The zero-order chi connectivity index (χ0) is 113. The summed E-state index contributed by atoms with van der Waals surface area (Å²) >= 11 is 27.9. The number of aryl methyl sites for hydroxylation is 4. The third-order valence-corrected chi connectivity index (χ3v) is 20.2. The fraction of sp³-hybridized carbons (Fsp3) is 0.588. The molecule has 0 amide bonds. The van der Waals surface area contributed by atoms with Crippen molar-refractivity contribution in [2.45, 2.75) is 301 Å². The fourth-order valence-electron chi connectivity index (χ4n) is 11.4. The van der Waals surface area contributed by atoms with Gasteiger partial charge in [0, 0.05) is 112 Å². The second-order valence-corrected chi connectivity index (χ2v) is 40.9. The number of anilines is 4. The summed E-state index contributed by atoms with van der Waals surface area (Å²) in [5.41, 5.74) is 25.4. The van der Waals surface area contributed by atoms with Crippen molar-refractivity contribution in [1.82, 2.24) is 31.4 Å². The number of carbonyl (C=O) groups is 15. The summed E-state index contributed by atoms with van der Waals surface area (Å²) in [5, 5.41) is 40.8. The zero-order valence-corrected chi connectivity index (χ0v) is 95.4. The number of ether oxygens (including phenoxy) is 6. The molecule has 0 aliphatic heterocycles. The maximum Gasteiger partial charge on any atom is 0.373 e. The molecule has 4 rings (SSSR count). The van der Waals surface area contributed by atoms with Crippen molar-refractivity contribution >= 4 is 256 Å². The van der Waals surface area contributed by atoms with E-state index in [1.165, 1.54) is 45.7 Å². The lowest BCUT2D eigenvalue weighted by Crippen LogP contribution is -2.42. The highest BCUT2D eigenvalue weighted by Gasteiger charge is 2.29. The summed E-state index contributed by atoms with van der Waals surface area (Å²) in [6.45, 7) is 44.9. The summed E-state index contributed by atoms with van der Waals surface area (Å²) in [6.07, 6.45) is 5.94. The normalized spacial score (nSPS) is 11.8. The Morgan fingerprint density at radius 1 is 0.418 bits per heavy atom. The van der Waals surface area contributed by atoms with Gasteiger partial charge in [-0.2, -0.15) is 9.59 Å². The highest BCUT2D eigenvalue weighted by molar-refractivity contribution is 14.1. The number of hydrogen-bond acceptors (Lipinski definition) is 35. The van der Waals surface area contributed by atoms with Gasteiger partial charge in [0.1, 0.15) is 45.4 Å². The number of aliphatic hydroxyl groups excluding tert-OH is 1. The molecule has 37 nitrogen and oxygen atoms in total. The predicted molar refractivity (Wildman–Crippen MR) is 602 cm³/mol. The number of carboxylic acids is 2. The summed E-state index contributed by atoms with van der Waals surface area (Å²) in [4.78, 5) is 184. The van der Waals surface area contributed by atoms with Crippen molar-refractivity contribution in [2.75, 3.05) is 89.0 Å². The Hall–Kier alpha value is -8.40. The molecule has 6 atom stereocenters. The summed E-state index contributed by atoms with van der Waals surface area (Å²) < 4.78 is 32.9. The van der Waals surface area contributed by atoms with E-state index in [9.17, 15) is 71.9 Å². The van der Waals surface area contributed by atoms with E-state index in [-0.39, 0.29) is 112 Å². The van der Waals surface area contributed by atoms with Crippen LogP contribution in [0.2, 0.25) is 0 Å². The van der Waals surface area contributed by atoms with Crippen LogP contribution in [0.4, 0.5) is 22.7 Å². The first kappa shape index (κ1) is 151. The van der Waals surface area contributed by atoms with E-state index in [1.54, 1.807) is 41.5 Å². The number of nitrogen functional groups attached to an aromatic ring is 2. The highest BCUT2D eigenvalue weighted by atomic mass is 127. The van der Waals surface area contributed by atoms with E-state index >= 15 is 0 Å². The average molecular weight is 2350 g/mol. The second kappa shape index (κ2) is 85.3. The van der Waals surface area contributed by atoms with Crippen LogP contribution in [0.1, 0.15) is 223 Å². The Balaban J connectivity index is -0.000000305. The minimum atomic E-state index is -1.22. The smallest absolute Gasteiger partial charge is 0.373 e. The number of Topliss-reactive ketones (excluding diaryl/α,β-unsaturated/α-hetero) is 1. The summed E-state index contributed by atoms with van der Waals surface area (Å²) in [7, 11) is 8.20. The van der Waals surface area contributed by atoms with Crippen LogP contribution in [0.3, 0.4) is 0 Å². The van der Waals surface area contributed by atoms with E-state index < -0.39 is 69.6 Å². The average Bonchev–Trinajstić information content (AvgIpc) is 0.829. The molecule has 0 saturated heterocycles. The van der Waals surface area contributed by atoms with Gasteiger partial charge in [-0.25, -0.2) is 0 Å². The molecule has 0 spiro atoms. The molecule has 0 aromatic heterocycles. The number of aliphatic hydroxyl groups is 1. The van der Waals surface area contributed by atoms with Gasteiger partial charge in [-0.3, -0.25) is 43.2 Å². The van der Waals surface area contributed by atoms with Gasteiger partial charge in [-0.15, -0.1) is 46.4 Å². The van der Waals surface area contributed by atoms with Gasteiger partial charge >= 0.3 is 53.9 Å². The van der Waals surface area contributed by atoms with Crippen LogP contribution in [0.25, 0.3) is 0 Å². The van der Waals surface area contributed by atoms with E-state index in [1.807, 2.05) is 165 Å². The largest absolute Gasteiger partial charge is 0.481 e. The number of esters is 6. The molecule has 0 saturated carbocycles. The van der Waals surface area contributed by atoms with Gasteiger partial charge in [-0.05, 0) is 295 Å². The SMILES string of the molecule is C.CC(=O)[C@H](CC(=O)OC(C)(C)C)N[B]C=O.CC(C)(C)OC(=O)CCN[B]C=O.CC(C)(C)OC(=O)C[C@@H](CI)N[B]C=O.CC(C)(C)OC(=O)C[C@H](N[B]C=O)C(=O)O.CO.Cc1ccc(N(CCCl)CCCl)cc1C[C@@H](N)CC(=O)O.Cc1ccc(N(CCCl)CCCl)cc1C[C@H](CC(=O)OC(C)(C)C)N[B]C=O.Cc1ccc(N)cc1C[C@H](CC(=O)OC(C)(C)C)N[B]C=O.Cc1ccc(N)cc1I.O=C=O. The van der Waals surface area contributed by atoms with Crippen LogP contribution >= 0.6 is 91.6 Å². The Morgan fingerprint density at radius 2 is 0.699 bits per heavy atom. The van der Waals surface area contributed by atoms with E-state index in [2.05, 4.69) is 105 Å². The Labute approximate surface area is 916 Å². The van der Waals surface area contributed by atoms with Crippen molar-refractivity contribution in [3.8, 4) is 0 Å². The third-order valence-electron chi connectivity index (χ3n) is 17.3. The lowest BCUT2D eigenvalue weighted by Gasteiger charge is -2.26. The molecule has 0 bridgehead atoms. The lowest BCUT2D eigenvalue weighted by molar-refractivity contribution is -0.192. The molecular formula is C97H155B6Cl4I2N11O26. The molecule has 146 heavy (non-hydrogen) atoms. The number of carboxylic acid groups (broad SMARTS) is 2. The topological polar surface area (TPSA) is 563 Å². The van der Waals surface area contributed by atoms with Crippen LogP contribution in [0.5, 0.6) is 0 Å². The minimum Gasteiger partial charge on any atom is -0.481 e. The van der Waals surface area contributed by atoms with E-state index in [0.717, 1.165) is 89.9 Å². The van der Waals surface area contributed by atoms with Crippen molar-refractivity contribution in [1.29, 1.82) is 0 Å². The number of halogens is 6.